The highest BCUT2D eigenvalue weighted by Gasteiger charge is 2.30. The van der Waals surface area contributed by atoms with Gasteiger partial charge in [-0.25, -0.2) is 0 Å². The van der Waals surface area contributed by atoms with Crippen LogP contribution in [0.1, 0.15) is 41.6 Å². The van der Waals surface area contributed by atoms with E-state index in [1.54, 1.807) is 0 Å². The minimum atomic E-state index is -0.0219. The van der Waals surface area contributed by atoms with Crippen molar-refractivity contribution in [1.29, 1.82) is 0 Å². The molecule has 0 spiro atoms. The van der Waals surface area contributed by atoms with E-state index in [-0.39, 0.29) is 12.5 Å². The molecule has 134 valence electrons. The van der Waals surface area contributed by atoms with Crippen molar-refractivity contribution in [3.05, 3.63) is 59.2 Å². The van der Waals surface area contributed by atoms with Gasteiger partial charge in [-0.1, -0.05) is 30.3 Å². The lowest BCUT2D eigenvalue weighted by Crippen LogP contribution is -2.27. The summed E-state index contributed by atoms with van der Waals surface area (Å²) in [4.78, 5) is 12.4. The van der Waals surface area contributed by atoms with Gasteiger partial charge in [0, 0.05) is 23.9 Å². The van der Waals surface area contributed by atoms with Gasteiger partial charge in [0.15, 0.2) is 0 Å². The van der Waals surface area contributed by atoms with Crippen molar-refractivity contribution in [2.45, 2.75) is 45.7 Å². The van der Waals surface area contributed by atoms with E-state index in [9.17, 15) is 4.79 Å². The normalized spacial score (nSPS) is 13.8. The monoisotopic (exact) mass is 350 g/mol. The molecule has 1 aliphatic carbocycles. The summed E-state index contributed by atoms with van der Waals surface area (Å²) in [5.74, 6) is 1.68. The molecule has 1 aliphatic rings. The lowest BCUT2D eigenvalue weighted by molar-refractivity contribution is -0.121. The van der Waals surface area contributed by atoms with Gasteiger partial charge in [0.2, 0.25) is 17.7 Å². The summed E-state index contributed by atoms with van der Waals surface area (Å²) < 4.78 is 7.80. The molecule has 6 nitrogen and oxygen atoms in total. The highest BCUT2D eigenvalue weighted by atomic mass is 16.4. The van der Waals surface area contributed by atoms with Crippen molar-refractivity contribution in [3.63, 3.8) is 0 Å². The van der Waals surface area contributed by atoms with E-state index < -0.39 is 0 Å². The Labute approximate surface area is 152 Å². The summed E-state index contributed by atoms with van der Waals surface area (Å²) >= 11 is 0. The molecule has 0 unspecified atom stereocenters. The first-order valence-electron chi connectivity index (χ1n) is 8.93. The lowest BCUT2D eigenvalue weighted by Gasteiger charge is -2.10. The van der Waals surface area contributed by atoms with Crippen LogP contribution in [0.4, 0.5) is 0 Å². The van der Waals surface area contributed by atoms with E-state index in [0.29, 0.717) is 18.4 Å². The molecular weight excluding hydrogens is 328 g/mol. The molecule has 1 saturated carbocycles. The van der Waals surface area contributed by atoms with E-state index in [1.807, 2.05) is 54.8 Å². The van der Waals surface area contributed by atoms with Crippen molar-refractivity contribution in [2.75, 3.05) is 0 Å². The Morgan fingerprint density at radius 1 is 1.23 bits per heavy atom. The van der Waals surface area contributed by atoms with E-state index in [2.05, 4.69) is 15.5 Å². The number of aromatic nitrogens is 3. The van der Waals surface area contributed by atoms with Gasteiger partial charge in [0.05, 0.1) is 5.56 Å². The van der Waals surface area contributed by atoms with E-state index in [0.717, 1.165) is 41.2 Å². The summed E-state index contributed by atoms with van der Waals surface area (Å²) in [7, 11) is 0. The van der Waals surface area contributed by atoms with Crippen molar-refractivity contribution >= 4 is 5.91 Å². The van der Waals surface area contributed by atoms with Crippen LogP contribution in [0.3, 0.4) is 0 Å². The minimum Gasteiger partial charge on any atom is -0.420 e. The number of hydrogen-bond acceptors (Lipinski definition) is 4. The van der Waals surface area contributed by atoms with Crippen molar-refractivity contribution in [2.24, 2.45) is 0 Å². The molecule has 2 aromatic heterocycles. The third kappa shape index (κ3) is 3.40. The van der Waals surface area contributed by atoms with E-state index >= 15 is 0 Å². The van der Waals surface area contributed by atoms with Gasteiger partial charge < -0.3 is 14.3 Å². The number of carbonyl (C=O) groups excluding carboxylic acids is 1. The van der Waals surface area contributed by atoms with Crippen molar-refractivity contribution in [1.82, 2.24) is 20.1 Å². The summed E-state index contributed by atoms with van der Waals surface area (Å²) in [5, 5.41) is 11.3. The van der Waals surface area contributed by atoms with Crippen molar-refractivity contribution in [3.8, 4) is 11.5 Å². The topological polar surface area (TPSA) is 73.0 Å². The molecule has 4 rings (SSSR count). The molecule has 1 fully saturated rings. The zero-order valence-electron chi connectivity index (χ0n) is 15.0. The standard InChI is InChI=1S/C20H22N4O2/c1-13-10-17(20-23-22-19(26-20)16-8-9-16)14(2)24(13)12-18(25)21-11-15-6-4-3-5-7-15/h3-7,10,16H,8-9,11-12H2,1-2H3,(H,21,25). The minimum absolute atomic E-state index is 0.0219. The molecular formula is C20H22N4O2. The molecule has 6 heteroatoms. The average molecular weight is 350 g/mol. The third-order valence-corrected chi connectivity index (χ3v) is 4.81. The van der Waals surface area contributed by atoms with Crippen LogP contribution in [0.5, 0.6) is 0 Å². The van der Waals surface area contributed by atoms with Crippen LogP contribution in [0.15, 0.2) is 40.8 Å². The number of aryl methyl sites for hydroxylation is 1. The maximum absolute atomic E-state index is 12.4. The van der Waals surface area contributed by atoms with Gasteiger partial charge in [0.25, 0.3) is 0 Å². The zero-order chi connectivity index (χ0) is 18.1. The Kier molecular flexibility index (Phi) is 4.32. The van der Waals surface area contributed by atoms with Crippen LogP contribution in [0.2, 0.25) is 0 Å². The Morgan fingerprint density at radius 2 is 2.00 bits per heavy atom. The zero-order valence-corrected chi connectivity index (χ0v) is 15.0. The number of amides is 1. The van der Waals surface area contributed by atoms with Crippen LogP contribution >= 0.6 is 0 Å². The number of hydrogen-bond donors (Lipinski definition) is 1. The SMILES string of the molecule is Cc1cc(-c2nnc(C3CC3)o2)c(C)n1CC(=O)NCc1ccccc1. The smallest absolute Gasteiger partial charge is 0.249 e. The number of benzene rings is 1. The Balaban J connectivity index is 1.46. The van der Waals surface area contributed by atoms with Crippen molar-refractivity contribution < 1.29 is 9.21 Å². The fraction of sp³-hybridized carbons (Fsp3) is 0.350. The first-order chi connectivity index (χ1) is 12.6. The molecule has 0 bridgehead atoms. The van der Waals surface area contributed by atoms with Gasteiger partial charge in [-0.2, -0.15) is 0 Å². The first kappa shape index (κ1) is 16.6. The quantitative estimate of drug-likeness (QED) is 0.740. The molecule has 0 saturated heterocycles. The predicted octanol–water partition coefficient (Wildman–Crippen LogP) is 3.35. The van der Waals surface area contributed by atoms with Gasteiger partial charge in [-0.05, 0) is 38.3 Å². The molecule has 2 heterocycles. The molecule has 1 aromatic carbocycles. The van der Waals surface area contributed by atoms with Crippen LogP contribution < -0.4 is 5.32 Å². The number of nitrogens with one attached hydrogen (secondary N) is 1. The molecule has 0 aliphatic heterocycles. The molecule has 26 heavy (non-hydrogen) atoms. The first-order valence-corrected chi connectivity index (χ1v) is 8.93. The Bertz CT molecular complexity index is 923. The maximum Gasteiger partial charge on any atom is 0.249 e. The maximum atomic E-state index is 12.4. The van der Waals surface area contributed by atoms with Gasteiger partial charge in [0.1, 0.15) is 6.54 Å². The Morgan fingerprint density at radius 3 is 2.73 bits per heavy atom. The van der Waals surface area contributed by atoms with Crippen LogP contribution in [0.25, 0.3) is 11.5 Å². The average Bonchev–Trinajstić information content (AvgIpc) is 3.33. The van der Waals surface area contributed by atoms with E-state index in [4.69, 9.17) is 4.42 Å². The second-order valence-corrected chi connectivity index (χ2v) is 6.85. The lowest BCUT2D eigenvalue weighted by atomic mass is 10.2. The fourth-order valence-electron chi connectivity index (χ4n) is 3.10. The van der Waals surface area contributed by atoms with Crippen LogP contribution in [-0.4, -0.2) is 20.7 Å². The summed E-state index contributed by atoms with van der Waals surface area (Å²) in [5.41, 5.74) is 3.95. The van der Waals surface area contributed by atoms with Gasteiger partial charge >= 0.3 is 0 Å². The number of nitrogens with zero attached hydrogens (tertiary/aromatic N) is 3. The molecule has 1 amide bonds. The fourth-order valence-corrected chi connectivity index (χ4v) is 3.10. The number of rotatable bonds is 6. The second-order valence-electron chi connectivity index (χ2n) is 6.85. The number of carbonyl (C=O) groups is 1. The van der Waals surface area contributed by atoms with E-state index in [1.165, 1.54) is 0 Å². The molecule has 0 radical (unpaired) electrons. The summed E-state index contributed by atoms with van der Waals surface area (Å²) in [6, 6.07) is 11.9. The highest BCUT2D eigenvalue weighted by molar-refractivity contribution is 5.76. The Hall–Kier alpha value is -2.89. The largest absolute Gasteiger partial charge is 0.420 e. The van der Waals surface area contributed by atoms with Gasteiger partial charge in [-0.3, -0.25) is 4.79 Å². The third-order valence-electron chi connectivity index (χ3n) is 4.81. The second kappa shape index (κ2) is 6.78. The van der Waals surface area contributed by atoms with Crippen LogP contribution in [-0.2, 0) is 17.9 Å². The molecule has 1 N–H and O–H groups in total. The molecule has 3 aromatic rings. The van der Waals surface area contributed by atoms with Gasteiger partial charge in [-0.15, -0.1) is 10.2 Å². The summed E-state index contributed by atoms with van der Waals surface area (Å²) in [6.45, 7) is 4.77. The summed E-state index contributed by atoms with van der Waals surface area (Å²) in [6.07, 6.45) is 2.25. The molecule has 0 atom stereocenters. The predicted molar refractivity (Wildman–Crippen MR) is 97.5 cm³/mol. The van der Waals surface area contributed by atoms with Crippen LogP contribution in [0, 0.1) is 13.8 Å². The highest BCUT2D eigenvalue weighted by Crippen LogP contribution is 2.40.